The minimum absolute atomic E-state index is 0.000215. The van der Waals surface area contributed by atoms with Gasteiger partial charge in [-0.3, -0.25) is 10.1 Å². The first-order valence-corrected chi connectivity index (χ1v) is 7.93. The van der Waals surface area contributed by atoms with E-state index in [0.29, 0.717) is 13.0 Å². The molecule has 1 heterocycles. The van der Waals surface area contributed by atoms with Crippen LogP contribution in [0.15, 0.2) is 18.2 Å². The van der Waals surface area contributed by atoms with Crippen LogP contribution in [0.5, 0.6) is 0 Å². The number of aliphatic hydroxyl groups is 1. The van der Waals surface area contributed by atoms with E-state index in [1.807, 2.05) is 0 Å². The lowest BCUT2D eigenvalue weighted by Crippen LogP contribution is -2.52. The van der Waals surface area contributed by atoms with Gasteiger partial charge in [-0.25, -0.2) is 9.18 Å². The van der Waals surface area contributed by atoms with Gasteiger partial charge in [0.2, 0.25) is 0 Å². The number of nitro groups is 1. The molecule has 25 heavy (non-hydrogen) atoms. The summed E-state index contributed by atoms with van der Waals surface area (Å²) in [7, 11) is 0. The number of hydrogen-bond donors (Lipinski definition) is 2. The first kappa shape index (κ1) is 18.9. The van der Waals surface area contributed by atoms with Crippen molar-refractivity contribution in [1.29, 1.82) is 0 Å². The van der Waals surface area contributed by atoms with Crippen LogP contribution in [0.25, 0.3) is 0 Å². The molecular weight excluding hydrogens is 333 g/mol. The van der Waals surface area contributed by atoms with E-state index in [4.69, 9.17) is 4.74 Å². The number of carbonyl (C=O) groups is 1. The van der Waals surface area contributed by atoms with Crippen LogP contribution in [0.2, 0.25) is 0 Å². The molecule has 1 amide bonds. The van der Waals surface area contributed by atoms with Crippen molar-refractivity contribution < 1.29 is 24.0 Å². The number of benzene rings is 1. The molecule has 138 valence electrons. The number of hydrogen-bond acceptors (Lipinski definition) is 6. The zero-order chi connectivity index (χ0) is 18.8. The highest BCUT2D eigenvalue weighted by atomic mass is 19.1. The quantitative estimate of drug-likeness (QED) is 0.638. The third-order valence-electron chi connectivity index (χ3n) is 3.73. The van der Waals surface area contributed by atoms with Gasteiger partial charge in [0.25, 0.3) is 5.69 Å². The van der Waals surface area contributed by atoms with Gasteiger partial charge in [-0.15, -0.1) is 0 Å². The second-order valence-corrected chi connectivity index (χ2v) is 6.95. The molecule has 1 aromatic carbocycles. The van der Waals surface area contributed by atoms with Crippen molar-refractivity contribution in [2.24, 2.45) is 0 Å². The second kappa shape index (κ2) is 7.22. The lowest BCUT2D eigenvalue weighted by molar-refractivity contribution is -0.384. The fourth-order valence-electron chi connectivity index (χ4n) is 2.58. The molecule has 0 aliphatic carbocycles. The molecule has 1 aliphatic heterocycles. The first-order chi connectivity index (χ1) is 11.6. The molecule has 1 fully saturated rings. The predicted molar refractivity (Wildman–Crippen MR) is 88.9 cm³/mol. The Bertz CT molecular complexity index is 662. The van der Waals surface area contributed by atoms with Crippen molar-refractivity contribution in [2.75, 3.05) is 18.4 Å². The Balaban J connectivity index is 2.04. The molecule has 0 saturated carbocycles. The number of nitrogens with zero attached hydrogens (tertiary/aromatic N) is 2. The minimum atomic E-state index is -0.968. The molecule has 0 radical (unpaired) electrons. The van der Waals surface area contributed by atoms with Crippen molar-refractivity contribution in [2.45, 2.75) is 44.9 Å². The maximum absolute atomic E-state index is 13.4. The van der Waals surface area contributed by atoms with Gasteiger partial charge in [-0.2, -0.15) is 0 Å². The van der Waals surface area contributed by atoms with Gasteiger partial charge in [0.1, 0.15) is 17.1 Å². The lowest BCUT2D eigenvalue weighted by Gasteiger charge is -2.37. The monoisotopic (exact) mass is 355 g/mol. The van der Waals surface area contributed by atoms with E-state index in [2.05, 4.69) is 5.32 Å². The number of anilines is 1. The average Bonchev–Trinajstić information content (AvgIpc) is 2.47. The van der Waals surface area contributed by atoms with E-state index in [-0.39, 0.29) is 17.9 Å². The van der Waals surface area contributed by atoms with Gasteiger partial charge in [0.15, 0.2) is 0 Å². The van der Waals surface area contributed by atoms with Gasteiger partial charge < -0.3 is 20.1 Å². The molecule has 0 aromatic heterocycles. The Morgan fingerprint density at radius 1 is 1.48 bits per heavy atom. The Hall–Kier alpha value is -2.42. The number of rotatable bonds is 3. The van der Waals surface area contributed by atoms with Gasteiger partial charge >= 0.3 is 6.09 Å². The fourth-order valence-corrected chi connectivity index (χ4v) is 2.58. The van der Waals surface area contributed by atoms with Crippen LogP contribution in [-0.4, -0.2) is 51.9 Å². The molecule has 0 spiro atoms. The van der Waals surface area contributed by atoms with Crippen LogP contribution in [-0.2, 0) is 4.74 Å². The molecule has 1 aliphatic rings. The van der Waals surface area contributed by atoms with Crippen LogP contribution < -0.4 is 5.32 Å². The molecule has 2 unspecified atom stereocenters. The van der Waals surface area contributed by atoms with Crippen molar-refractivity contribution in [1.82, 2.24) is 4.90 Å². The Labute approximate surface area is 144 Å². The molecule has 2 rings (SSSR count). The fraction of sp³-hybridized carbons (Fsp3) is 0.562. The summed E-state index contributed by atoms with van der Waals surface area (Å²) in [6, 6.07) is 2.55. The average molecular weight is 355 g/mol. The van der Waals surface area contributed by atoms with Crippen molar-refractivity contribution >= 4 is 17.5 Å². The van der Waals surface area contributed by atoms with E-state index in [9.17, 15) is 24.4 Å². The van der Waals surface area contributed by atoms with Crippen LogP contribution >= 0.6 is 0 Å². The number of carbonyl (C=O) groups excluding carboxylic acids is 1. The summed E-state index contributed by atoms with van der Waals surface area (Å²) in [4.78, 5) is 23.8. The number of nitrogens with one attached hydrogen (secondary N) is 1. The summed E-state index contributed by atoms with van der Waals surface area (Å²) in [6.45, 7) is 5.58. The largest absolute Gasteiger partial charge is 0.444 e. The molecule has 1 saturated heterocycles. The van der Waals surface area contributed by atoms with Gasteiger partial charge in [-0.05, 0) is 33.3 Å². The number of amides is 1. The SMILES string of the molecule is CC(C)(C)OC(=O)N1CCC(Nc2cc(F)ccc2[N+](=O)[O-])C(O)C1. The minimum Gasteiger partial charge on any atom is -0.444 e. The number of aliphatic hydroxyl groups excluding tert-OH is 1. The van der Waals surface area contributed by atoms with E-state index >= 15 is 0 Å². The van der Waals surface area contributed by atoms with Gasteiger partial charge in [0.05, 0.1) is 23.6 Å². The number of halogens is 1. The Morgan fingerprint density at radius 3 is 2.72 bits per heavy atom. The van der Waals surface area contributed by atoms with Gasteiger partial charge in [-0.1, -0.05) is 0 Å². The summed E-state index contributed by atoms with van der Waals surface area (Å²) in [5, 5.41) is 24.1. The summed E-state index contributed by atoms with van der Waals surface area (Å²) < 4.78 is 18.7. The molecule has 0 bridgehead atoms. The number of likely N-dealkylation sites (tertiary alicyclic amines) is 1. The van der Waals surface area contributed by atoms with Crippen molar-refractivity contribution in [3.05, 3.63) is 34.1 Å². The second-order valence-electron chi connectivity index (χ2n) is 6.95. The van der Waals surface area contributed by atoms with E-state index < -0.39 is 34.6 Å². The van der Waals surface area contributed by atoms with Crippen LogP contribution in [0.3, 0.4) is 0 Å². The van der Waals surface area contributed by atoms with Crippen molar-refractivity contribution in [3.63, 3.8) is 0 Å². The highest BCUT2D eigenvalue weighted by Crippen LogP contribution is 2.28. The molecule has 1 aromatic rings. The molecule has 2 atom stereocenters. The molecule has 9 heteroatoms. The molecular formula is C16H22FN3O5. The third kappa shape index (κ3) is 5.02. The maximum Gasteiger partial charge on any atom is 0.410 e. The van der Waals surface area contributed by atoms with Gasteiger partial charge in [0, 0.05) is 18.7 Å². The summed E-state index contributed by atoms with van der Waals surface area (Å²) >= 11 is 0. The van der Waals surface area contributed by atoms with Crippen molar-refractivity contribution in [3.8, 4) is 0 Å². The number of nitro benzene ring substituents is 1. The highest BCUT2D eigenvalue weighted by Gasteiger charge is 2.33. The number of ether oxygens (including phenoxy) is 1. The molecule has 2 N–H and O–H groups in total. The number of piperidine rings is 1. The maximum atomic E-state index is 13.4. The Kier molecular flexibility index (Phi) is 5.46. The number of β-amino-alcohol motifs (C(OH)–C–C–N with tert-alkyl or cyclic N) is 1. The zero-order valence-electron chi connectivity index (χ0n) is 14.4. The normalized spacial score (nSPS) is 20.9. The summed E-state index contributed by atoms with van der Waals surface area (Å²) in [5.74, 6) is -0.617. The van der Waals surface area contributed by atoms with E-state index in [1.165, 1.54) is 4.90 Å². The third-order valence-corrected chi connectivity index (χ3v) is 3.73. The first-order valence-electron chi connectivity index (χ1n) is 7.93. The zero-order valence-corrected chi connectivity index (χ0v) is 14.4. The van der Waals surface area contributed by atoms with Crippen LogP contribution in [0.1, 0.15) is 27.2 Å². The summed E-state index contributed by atoms with van der Waals surface area (Å²) in [5.41, 5.74) is -0.915. The van der Waals surface area contributed by atoms with E-state index in [1.54, 1.807) is 20.8 Å². The van der Waals surface area contributed by atoms with Crippen LogP contribution in [0, 0.1) is 15.9 Å². The Morgan fingerprint density at radius 2 is 2.16 bits per heavy atom. The predicted octanol–water partition coefficient (Wildman–Crippen LogP) is 2.52. The smallest absolute Gasteiger partial charge is 0.410 e. The lowest BCUT2D eigenvalue weighted by atomic mass is 10.0. The van der Waals surface area contributed by atoms with E-state index in [0.717, 1.165) is 18.2 Å². The topological polar surface area (TPSA) is 105 Å². The van der Waals surface area contributed by atoms with Crippen LogP contribution in [0.4, 0.5) is 20.6 Å². The molecule has 8 nitrogen and oxygen atoms in total. The highest BCUT2D eigenvalue weighted by molar-refractivity contribution is 5.68. The standard InChI is InChI=1S/C16H22FN3O5/c1-16(2,3)25-15(22)19-7-6-11(14(21)9-19)18-12-8-10(17)4-5-13(12)20(23)24/h4-5,8,11,14,18,21H,6-7,9H2,1-3H3. The summed E-state index contributed by atoms with van der Waals surface area (Å²) in [6.07, 6.45) is -1.15.